The van der Waals surface area contributed by atoms with Gasteiger partial charge < -0.3 is 5.11 Å². The van der Waals surface area contributed by atoms with Gasteiger partial charge in [0.1, 0.15) is 0 Å². The van der Waals surface area contributed by atoms with Gasteiger partial charge in [-0.25, -0.2) is 0 Å². The van der Waals surface area contributed by atoms with Crippen LogP contribution in [-0.4, -0.2) is 11.2 Å². The molecule has 0 spiro atoms. The minimum Gasteiger partial charge on any atom is -0.393 e. The van der Waals surface area contributed by atoms with E-state index in [1.54, 1.807) is 0 Å². The molecule has 0 saturated heterocycles. The van der Waals surface area contributed by atoms with Crippen LogP contribution in [0.2, 0.25) is 0 Å². The zero-order valence-corrected chi connectivity index (χ0v) is 24.4. The average molecular weight is 493 g/mol. The summed E-state index contributed by atoms with van der Waals surface area (Å²) >= 11 is 0. The Labute approximate surface area is 223 Å². The molecule has 4 aliphatic carbocycles. The fourth-order valence-electron chi connectivity index (χ4n) is 10.8. The Kier molecular flexibility index (Phi) is 7.73. The lowest BCUT2D eigenvalue weighted by Gasteiger charge is -2.63. The number of hydrogen-bond donors (Lipinski definition) is 1. The first-order chi connectivity index (χ1) is 17.1. The minimum atomic E-state index is -0.114. The fourth-order valence-corrected chi connectivity index (χ4v) is 10.8. The topological polar surface area (TPSA) is 20.2 Å². The quantitative estimate of drug-likeness (QED) is 0.402. The van der Waals surface area contributed by atoms with Gasteiger partial charge in [0.05, 0.1) is 6.10 Å². The van der Waals surface area contributed by atoms with Crippen LogP contribution in [0.1, 0.15) is 116 Å². The van der Waals surface area contributed by atoms with E-state index in [0.29, 0.717) is 22.7 Å². The maximum atomic E-state index is 11.2. The number of aliphatic hydroxyl groups is 1. The van der Waals surface area contributed by atoms with Crippen molar-refractivity contribution in [3.05, 3.63) is 35.4 Å². The Hall–Kier alpha value is -0.820. The second-order valence-electron chi connectivity index (χ2n) is 15.1. The Morgan fingerprint density at radius 3 is 2.19 bits per heavy atom. The van der Waals surface area contributed by atoms with E-state index >= 15 is 0 Å². The van der Waals surface area contributed by atoms with Crippen molar-refractivity contribution in [2.45, 2.75) is 125 Å². The highest BCUT2D eigenvalue weighted by Gasteiger charge is 2.61. The van der Waals surface area contributed by atoms with Crippen molar-refractivity contribution in [3.63, 3.8) is 0 Å². The SMILES string of the molecule is Cc1ccc(C[C@@H]2[C@H](O)CC[C@@]3(C)[C@H]2CC[C@@H]2[C@@H]3CC[C@]3(C)[C@@H]([C@H](C)CCCC(C)C)CC[C@@H]23)cc1. The lowest BCUT2D eigenvalue weighted by molar-refractivity contribution is -0.152. The Bertz CT molecular complexity index is 871. The minimum absolute atomic E-state index is 0.114. The zero-order valence-electron chi connectivity index (χ0n) is 24.4. The molecule has 4 aliphatic rings. The van der Waals surface area contributed by atoms with Crippen molar-refractivity contribution in [2.24, 2.45) is 58.2 Å². The summed E-state index contributed by atoms with van der Waals surface area (Å²) < 4.78 is 0. The fraction of sp³-hybridized carbons (Fsp3) is 0.829. The predicted octanol–water partition coefficient (Wildman–Crippen LogP) is 9.25. The number of fused-ring (bicyclic) bond motifs is 5. The van der Waals surface area contributed by atoms with Gasteiger partial charge in [0.2, 0.25) is 0 Å². The molecule has 0 aromatic heterocycles. The Morgan fingerprint density at radius 2 is 1.47 bits per heavy atom. The third-order valence-electron chi connectivity index (χ3n) is 12.7. The molecule has 0 heterocycles. The molecule has 0 aliphatic heterocycles. The molecule has 1 aromatic rings. The predicted molar refractivity (Wildman–Crippen MR) is 153 cm³/mol. The van der Waals surface area contributed by atoms with E-state index < -0.39 is 0 Å². The number of rotatable bonds is 7. The van der Waals surface area contributed by atoms with Gasteiger partial charge in [-0.1, -0.05) is 83.7 Å². The van der Waals surface area contributed by atoms with Gasteiger partial charge in [-0.15, -0.1) is 0 Å². The highest BCUT2D eigenvalue weighted by atomic mass is 16.3. The molecular weight excluding hydrogens is 436 g/mol. The van der Waals surface area contributed by atoms with Crippen molar-refractivity contribution in [1.29, 1.82) is 0 Å². The van der Waals surface area contributed by atoms with E-state index in [1.807, 2.05) is 0 Å². The summed E-state index contributed by atoms with van der Waals surface area (Å²) in [4.78, 5) is 0. The van der Waals surface area contributed by atoms with Crippen LogP contribution >= 0.6 is 0 Å². The van der Waals surface area contributed by atoms with Crippen molar-refractivity contribution in [3.8, 4) is 0 Å². The van der Waals surface area contributed by atoms with E-state index in [0.717, 1.165) is 48.3 Å². The molecule has 0 amide bonds. The van der Waals surface area contributed by atoms with Crippen LogP contribution in [0, 0.1) is 65.1 Å². The van der Waals surface area contributed by atoms with E-state index in [1.165, 1.54) is 75.3 Å². The van der Waals surface area contributed by atoms with Crippen molar-refractivity contribution < 1.29 is 5.11 Å². The molecule has 1 nitrogen and oxygen atoms in total. The first-order valence-electron chi connectivity index (χ1n) is 15.9. The second kappa shape index (κ2) is 10.4. The summed E-state index contributed by atoms with van der Waals surface area (Å²) in [5.74, 6) is 6.60. The van der Waals surface area contributed by atoms with Gasteiger partial charge in [0, 0.05) is 0 Å². The molecule has 4 fully saturated rings. The standard InChI is InChI=1S/C35H56O/c1-23(2)8-7-9-25(4)29-16-17-30-27-14-15-31-28(22-26-12-10-24(3)11-13-26)33(36)19-21-35(31,6)32(27)18-20-34(29,30)5/h10-13,23,25,27-33,36H,7-9,14-22H2,1-6H3/t25-,27+,28+,29-,30+,31+,32+,33-,34-,35+/m1/s1. The highest BCUT2D eigenvalue weighted by Crippen LogP contribution is 2.69. The molecule has 1 N–H and O–H groups in total. The van der Waals surface area contributed by atoms with Gasteiger partial charge in [-0.05, 0) is 128 Å². The molecule has 4 saturated carbocycles. The first-order valence-corrected chi connectivity index (χ1v) is 15.9. The molecule has 0 unspecified atom stereocenters. The maximum absolute atomic E-state index is 11.2. The van der Waals surface area contributed by atoms with Crippen LogP contribution in [0.15, 0.2) is 24.3 Å². The van der Waals surface area contributed by atoms with E-state index in [9.17, 15) is 5.11 Å². The van der Waals surface area contributed by atoms with Gasteiger partial charge in [0.15, 0.2) is 0 Å². The monoisotopic (exact) mass is 492 g/mol. The molecule has 5 rings (SSSR count). The lowest BCUT2D eigenvalue weighted by Crippen LogP contribution is -2.57. The van der Waals surface area contributed by atoms with Crippen LogP contribution in [-0.2, 0) is 6.42 Å². The largest absolute Gasteiger partial charge is 0.393 e. The average Bonchev–Trinajstić information content (AvgIpc) is 3.19. The Morgan fingerprint density at radius 1 is 0.806 bits per heavy atom. The molecule has 202 valence electrons. The van der Waals surface area contributed by atoms with E-state index in [4.69, 9.17) is 0 Å². The molecule has 0 radical (unpaired) electrons. The third kappa shape index (κ3) is 4.74. The van der Waals surface area contributed by atoms with Gasteiger partial charge in [-0.2, -0.15) is 0 Å². The summed E-state index contributed by atoms with van der Waals surface area (Å²) in [6.07, 6.45) is 16.2. The molecule has 36 heavy (non-hydrogen) atoms. The van der Waals surface area contributed by atoms with Gasteiger partial charge in [-0.3, -0.25) is 0 Å². The molecule has 0 bridgehead atoms. The van der Waals surface area contributed by atoms with Crippen molar-refractivity contribution >= 4 is 0 Å². The second-order valence-corrected chi connectivity index (χ2v) is 15.1. The summed E-state index contributed by atoms with van der Waals surface area (Å²) in [5, 5.41) is 11.2. The van der Waals surface area contributed by atoms with Gasteiger partial charge in [0.25, 0.3) is 0 Å². The van der Waals surface area contributed by atoms with Crippen LogP contribution < -0.4 is 0 Å². The third-order valence-corrected chi connectivity index (χ3v) is 12.7. The molecule has 1 heteroatoms. The van der Waals surface area contributed by atoms with Crippen molar-refractivity contribution in [2.75, 3.05) is 0 Å². The summed E-state index contributed by atoms with van der Waals surface area (Å²) in [6.45, 7) is 14.9. The smallest absolute Gasteiger partial charge is 0.0574 e. The maximum Gasteiger partial charge on any atom is 0.0574 e. The molecule has 10 atom stereocenters. The lowest BCUT2D eigenvalue weighted by atomic mass is 9.42. The number of hydrogen-bond acceptors (Lipinski definition) is 1. The number of aliphatic hydroxyl groups excluding tert-OH is 1. The van der Waals surface area contributed by atoms with E-state index in [-0.39, 0.29) is 6.10 Å². The summed E-state index contributed by atoms with van der Waals surface area (Å²) in [5.41, 5.74) is 3.77. The van der Waals surface area contributed by atoms with Crippen LogP contribution in [0.5, 0.6) is 0 Å². The Balaban J connectivity index is 1.31. The number of aryl methyl sites for hydroxylation is 1. The van der Waals surface area contributed by atoms with Crippen LogP contribution in [0.25, 0.3) is 0 Å². The van der Waals surface area contributed by atoms with Crippen LogP contribution in [0.3, 0.4) is 0 Å². The number of benzene rings is 1. The summed E-state index contributed by atoms with van der Waals surface area (Å²) in [7, 11) is 0. The molecule has 1 aromatic carbocycles. The normalized spacial score (nSPS) is 43.1. The zero-order chi connectivity index (χ0) is 25.7. The van der Waals surface area contributed by atoms with Crippen molar-refractivity contribution in [1.82, 2.24) is 0 Å². The molecular formula is C35H56O. The summed E-state index contributed by atoms with van der Waals surface area (Å²) in [6, 6.07) is 9.13. The first kappa shape index (κ1) is 26.8. The highest BCUT2D eigenvalue weighted by molar-refractivity contribution is 5.23. The van der Waals surface area contributed by atoms with Gasteiger partial charge >= 0.3 is 0 Å². The van der Waals surface area contributed by atoms with Crippen LogP contribution in [0.4, 0.5) is 0 Å². The van der Waals surface area contributed by atoms with E-state index in [2.05, 4.69) is 65.8 Å².